The maximum atomic E-state index is 6.30. The van der Waals surface area contributed by atoms with Crippen LogP contribution in [0.2, 0.25) is 5.02 Å². The van der Waals surface area contributed by atoms with E-state index in [1.807, 2.05) is 6.20 Å². The van der Waals surface area contributed by atoms with E-state index < -0.39 is 0 Å². The van der Waals surface area contributed by atoms with Gasteiger partial charge in [0.1, 0.15) is 0 Å². The number of halogens is 2. The molecule has 1 heterocycles. The molecule has 0 spiro atoms. The Labute approximate surface area is 145 Å². The van der Waals surface area contributed by atoms with Crippen LogP contribution in [-0.2, 0) is 6.54 Å². The van der Waals surface area contributed by atoms with Gasteiger partial charge in [0.15, 0.2) is 0 Å². The van der Waals surface area contributed by atoms with Crippen LogP contribution in [0.5, 0.6) is 0 Å². The Hall–Kier alpha value is -0.590. The average Bonchev–Trinajstić information content (AvgIpc) is 2.92. The predicted molar refractivity (Wildman–Crippen MR) is 96.8 cm³/mol. The van der Waals surface area contributed by atoms with Crippen LogP contribution in [0, 0.1) is 3.57 Å². The maximum absolute atomic E-state index is 6.30. The molecule has 2 rings (SSSR count). The first-order valence-electron chi connectivity index (χ1n) is 7.37. The van der Waals surface area contributed by atoms with Crippen molar-refractivity contribution < 1.29 is 0 Å². The van der Waals surface area contributed by atoms with Crippen LogP contribution in [0.15, 0.2) is 30.5 Å². The van der Waals surface area contributed by atoms with Crippen LogP contribution < -0.4 is 5.32 Å². The lowest BCUT2D eigenvalue weighted by Crippen LogP contribution is -2.26. The zero-order chi connectivity index (χ0) is 15.2. The van der Waals surface area contributed by atoms with Crippen molar-refractivity contribution in [2.75, 3.05) is 6.54 Å². The second kappa shape index (κ2) is 8.15. The topological polar surface area (TPSA) is 29.9 Å². The summed E-state index contributed by atoms with van der Waals surface area (Å²) in [6.45, 7) is 6.24. The Bertz CT molecular complexity index is 583. The molecule has 2 aromatic rings. The molecule has 0 aliphatic carbocycles. The lowest BCUT2D eigenvalue weighted by atomic mass is 10.0. The standard InChI is InChI=1S/C16H21ClIN3/c1-3-8-19-16(12-5-6-14(18)13(17)11-12)15-7-9-20-21(15)10-4-2/h5-7,9,11,16,19H,3-4,8,10H2,1-2H3. The van der Waals surface area contributed by atoms with Gasteiger partial charge in [-0.25, -0.2) is 0 Å². The van der Waals surface area contributed by atoms with Crippen molar-refractivity contribution in [3.63, 3.8) is 0 Å². The quantitative estimate of drug-likeness (QED) is 0.665. The minimum Gasteiger partial charge on any atom is -0.305 e. The molecule has 5 heteroatoms. The van der Waals surface area contributed by atoms with E-state index in [0.29, 0.717) is 0 Å². The van der Waals surface area contributed by atoms with Crippen LogP contribution in [-0.4, -0.2) is 16.3 Å². The molecule has 1 aromatic heterocycles. The highest BCUT2D eigenvalue weighted by molar-refractivity contribution is 14.1. The SMILES string of the molecule is CCCNC(c1ccc(I)c(Cl)c1)c1ccnn1CCC. The number of benzene rings is 1. The lowest BCUT2D eigenvalue weighted by molar-refractivity contribution is 0.511. The summed E-state index contributed by atoms with van der Waals surface area (Å²) in [5.74, 6) is 0. The highest BCUT2D eigenvalue weighted by Crippen LogP contribution is 2.27. The Balaban J connectivity index is 2.37. The number of rotatable bonds is 7. The summed E-state index contributed by atoms with van der Waals surface area (Å²) in [6, 6.07) is 8.49. The van der Waals surface area contributed by atoms with E-state index in [1.165, 1.54) is 11.3 Å². The van der Waals surface area contributed by atoms with Gasteiger partial charge in [0.2, 0.25) is 0 Å². The minimum absolute atomic E-state index is 0.133. The number of aromatic nitrogens is 2. The largest absolute Gasteiger partial charge is 0.305 e. The fourth-order valence-corrected chi connectivity index (χ4v) is 2.89. The first kappa shape index (κ1) is 16.8. The van der Waals surface area contributed by atoms with E-state index in [1.54, 1.807) is 0 Å². The lowest BCUT2D eigenvalue weighted by Gasteiger charge is -2.21. The third kappa shape index (κ3) is 4.20. The van der Waals surface area contributed by atoms with Gasteiger partial charge in [0, 0.05) is 16.3 Å². The van der Waals surface area contributed by atoms with Gasteiger partial charge in [-0.1, -0.05) is 31.5 Å². The minimum atomic E-state index is 0.133. The highest BCUT2D eigenvalue weighted by Gasteiger charge is 2.18. The molecule has 1 atom stereocenters. The molecule has 0 bridgehead atoms. The van der Waals surface area contributed by atoms with Gasteiger partial charge >= 0.3 is 0 Å². The molecule has 0 radical (unpaired) electrons. The van der Waals surface area contributed by atoms with E-state index >= 15 is 0 Å². The molecule has 0 aliphatic rings. The molecule has 0 aliphatic heterocycles. The summed E-state index contributed by atoms with van der Waals surface area (Å²) >= 11 is 8.55. The molecule has 1 N–H and O–H groups in total. The van der Waals surface area contributed by atoms with Crippen LogP contribution >= 0.6 is 34.2 Å². The van der Waals surface area contributed by atoms with Crippen molar-refractivity contribution in [1.82, 2.24) is 15.1 Å². The number of hydrogen-bond acceptors (Lipinski definition) is 2. The molecule has 114 valence electrons. The maximum Gasteiger partial charge on any atom is 0.0748 e. The fourth-order valence-electron chi connectivity index (χ4n) is 2.36. The molecular formula is C16H21ClIN3. The van der Waals surface area contributed by atoms with E-state index in [4.69, 9.17) is 11.6 Å². The average molecular weight is 418 g/mol. The molecule has 0 fully saturated rings. The fraction of sp³-hybridized carbons (Fsp3) is 0.438. The molecular weight excluding hydrogens is 397 g/mol. The Morgan fingerprint density at radius 3 is 2.76 bits per heavy atom. The monoisotopic (exact) mass is 417 g/mol. The second-order valence-electron chi connectivity index (χ2n) is 5.04. The molecule has 21 heavy (non-hydrogen) atoms. The highest BCUT2D eigenvalue weighted by atomic mass is 127. The van der Waals surface area contributed by atoms with Crippen LogP contribution in [0.3, 0.4) is 0 Å². The molecule has 0 saturated heterocycles. The third-order valence-corrected chi connectivity index (χ3v) is 4.93. The second-order valence-corrected chi connectivity index (χ2v) is 6.61. The summed E-state index contributed by atoms with van der Waals surface area (Å²) < 4.78 is 3.16. The van der Waals surface area contributed by atoms with Crippen molar-refractivity contribution in [3.8, 4) is 0 Å². The first-order chi connectivity index (χ1) is 10.2. The van der Waals surface area contributed by atoms with Crippen molar-refractivity contribution in [2.24, 2.45) is 0 Å². The van der Waals surface area contributed by atoms with Gasteiger partial charge in [-0.15, -0.1) is 0 Å². The molecule has 1 aromatic carbocycles. The number of nitrogens with one attached hydrogen (secondary N) is 1. The summed E-state index contributed by atoms with van der Waals surface area (Å²) in [4.78, 5) is 0. The van der Waals surface area contributed by atoms with Gasteiger partial charge < -0.3 is 5.32 Å². The summed E-state index contributed by atoms with van der Waals surface area (Å²) in [7, 11) is 0. The summed E-state index contributed by atoms with van der Waals surface area (Å²) in [5.41, 5.74) is 2.38. The number of aryl methyl sites for hydroxylation is 1. The normalized spacial score (nSPS) is 12.6. The van der Waals surface area contributed by atoms with E-state index in [0.717, 1.165) is 34.5 Å². The number of hydrogen-bond donors (Lipinski definition) is 1. The van der Waals surface area contributed by atoms with Crippen molar-refractivity contribution in [1.29, 1.82) is 0 Å². The van der Waals surface area contributed by atoms with Crippen molar-refractivity contribution in [2.45, 2.75) is 39.3 Å². The predicted octanol–water partition coefficient (Wildman–Crippen LogP) is 4.64. The number of nitrogens with zero attached hydrogens (tertiary/aromatic N) is 2. The van der Waals surface area contributed by atoms with Crippen molar-refractivity contribution in [3.05, 3.63) is 50.3 Å². The summed E-state index contributed by atoms with van der Waals surface area (Å²) in [6.07, 6.45) is 4.04. The van der Waals surface area contributed by atoms with Gasteiger partial charge in [-0.2, -0.15) is 5.10 Å². The zero-order valence-corrected chi connectivity index (χ0v) is 15.4. The zero-order valence-electron chi connectivity index (χ0n) is 12.4. The van der Waals surface area contributed by atoms with Crippen LogP contribution in [0.4, 0.5) is 0 Å². The Morgan fingerprint density at radius 2 is 2.10 bits per heavy atom. The van der Waals surface area contributed by atoms with Gasteiger partial charge in [-0.3, -0.25) is 4.68 Å². The molecule has 1 unspecified atom stereocenters. The van der Waals surface area contributed by atoms with E-state index in [2.05, 4.69) is 75.8 Å². The van der Waals surface area contributed by atoms with E-state index in [-0.39, 0.29) is 6.04 Å². The summed E-state index contributed by atoms with van der Waals surface area (Å²) in [5, 5.41) is 8.86. The van der Waals surface area contributed by atoms with Gasteiger partial charge in [0.25, 0.3) is 0 Å². The van der Waals surface area contributed by atoms with Gasteiger partial charge in [0.05, 0.1) is 16.8 Å². The third-order valence-electron chi connectivity index (χ3n) is 3.36. The molecule has 0 amide bonds. The first-order valence-corrected chi connectivity index (χ1v) is 8.83. The van der Waals surface area contributed by atoms with Crippen LogP contribution in [0.1, 0.15) is 44.0 Å². The van der Waals surface area contributed by atoms with Gasteiger partial charge in [-0.05, 0) is 65.7 Å². The smallest absolute Gasteiger partial charge is 0.0748 e. The Morgan fingerprint density at radius 1 is 1.29 bits per heavy atom. The molecule has 0 saturated carbocycles. The van der Waals surface area contributed by atoms with Crippen LogP contribution in [0.25, 0.3) is 0 Å². The molecule has 3 nitrogen and oxygen atoms in total. The van der Waals surface area contributed by atoms with E-state index in [9.17, 15) is 0 Å². The van der Waals surface area contributed by atoms with Crippen molar-refractivity contribution >= 4 is 34.2 Å². The Kier molecular flexibility index (Phi) is 6.51.